The molecular weight excluding hydrogens is 266 g/mol. The Morgan fingerprint density at radius 3 is 2.57 bits per heavy atom. The lowest BCUT2D eigenvalue weighted by atomic mass is 9.83. The first-order chi connectivity index (χ1) is 9.78. The molecule has 1 aromatic carbocycles. The molecule has 0 aromatic heterocycles. The van der Waals surface area contributed by atoms with E-state index in [9.17, 15) is 9.59 Å². The Morgan fingerprint density at radius 1 is 1.33 bits per heavy atom. The number of rotatable bonds is 4. The molecule has 0 saturated carbocycles. The van der Waals surface area contributed by atoms with Crippen molar-refractivity contribution in [2.24, 2.45) is 5.92 Å². The fourth-order valence-corrected chi connectivity index (χ4v) is 3.15. The van der Waals surface area contributed by atoms with Crippen LogP contribution in [0.3, 0.4) is 0 Å². The standard InChI is InChI=1S/C17H23NO3/c1-10(2)9-17(4)15(19)14(16(20)18-17)12-7-6-11(3)8-13(12)21-5/h6-8,10,14H,9H2,1-5H3,(H,18,20). The number of hydrogen-bond acceptors (Lipinski definition) is 3. The van der Waals surface area contributed by atoms with Crippen molar-refractivity contribution in [2.75, 3.05) is 7.11 Å². The monoisotopic (exact) mass is 289 g/mol. The molecule has 1 fully saturated rings. The van der Waals surface area contributed by atoms with Crippen molar-refractivity contribution in [1.29, 1.82) is 0 Å². The third-order valence-corrected chi connectivity index (χ3v) is 3.98. The number of aryl methyl sites for hydroxylation is 1. The summed E-state index contributed by atoms with van der Waals surface area (Å²) in [6, 6.07) is 5.57. The van der Waals surface area contributed by atoms with Crippen LogP contribution in [0, 0.1) is 12.8 Å². The van der Waals surface area contributed by atoms with Gasteiger partial charge in [0.25, 0.3) is 0 Å². The van der Waals surface area contributed by atoms with E-state index in [4.69, 9.17) is 4.74 Å². The van der Waals surface area contributed by atoms with Gasteiger partial charge >= 0.3 is 0 Å². The number of hydrogen-bond donors (Lipinski definition) is 1. The van der Waals surface area contributed by atoms with Crippen LogP contribution in [0.5, 0.6) is 5.75 Å². The molecule has 2 rings (SSSR count). The second kappa shape index (κ2) is 5.51. The van der Waals surface area contributed by atoms with E-state index in [0.29, 0.717) is 23.7 Å². The van der Waals surface area contributed by atoms with Crippen molar-refractivity contribution in [1.82, 2.24) is 5.32 Å². The number of carbonyl (C=O) groups excluding carboxylic acids is 2. The zero-order valence-electron chi connectivity index (χ0n) is 13.3. The maximum atomic E-state index is 12.8. The summed E-state index contributed by atoms with van der Waals surface area (Å²) < 4.78 is 5.35. The number of ketones is 1. The van der Waals surface area contributed by atoms with Gasteiger partial charge in [-0.2, -0.15) is 0 Å². The summed E-state index contributed by atoms with van der Waals surface area (Å²) in [4.78, 5) is 25.1. The first kappa shape index (κ1) is 15.5. The Kier molecular flexibility index (Phi) is 4.08. The molecule has 0 bridgehead atoms. The number of Topliss-reactive ketones (excluding diaryl/α,β-unsaturated/α-hetero) is 1. The van der Waals surface area contributed by atoms with Gasteiger partial charge in [-0.25, -0.2) is 0 Å². The molecule has 1 aliphatic rings. The van der Waals surface area contributed by atoms with Crippen LogP contribution in [0.25, 0.3) is 0 Å². The first-order valence-corrected chi connectivity index (χ1v) is 7.29. The average molecular weight is 289 g/mol. The summed E-state index contributed by atoms with van der Waals surface area (Å²) >= 11 is 0. The molecule has 0 spiro atoms. The average Bonchev–Trinajstić information content (AvgIpc) is 2.59. The molecule has 1 aromatic rings. The lowest BCUT2D eigenvalue weighted by molar-refractivity contribution is -0.125. The van der Waals surface area contributed by atoms with Gasteiger partial charge < -0.3 is 10.1 Å². The Morgan fingerprint density at radius 2 is 2.00 bits per heavy atom. The zero-order chi connectivity index (χ0) is 15.8. The van der Waals surface area contributed by atoms with E-state index in [0.717, 1.165) is 5.56 Å². The minimum Gasteiger partial charge on any atom is -0.496 e. The summed E-state index contributed by atoms with van der Waals surface area (Å²) in [5.41, 5.74) is 0.899. The smallest absolute Gasteiger partial charge is 0.236 e. The highest BCUT2D eigenvalue weighted by molar-refractivity contribution is 6.17. The minimum atomic E-state index is -0.786. The minimum absolute atomic E-state index is 0.0663. The highest BCUT2D eigenvalue weighted by atomic mass is 16.5. The molecule has 1 saturated heterocycles. The lowest BCUT2D eigenvalue weighted by Crippen LogP contribution is -2.44. The number of nitrogens with one attached hydrogen (secondary N) is 1. The number of methoxy groups -OCH3 is 1. The fraction of sp³-hybridized carbons (Fsp3) is 0.529. The second-order valence-electron chi connectivity index (χ2n) is 6.46. The Bertz CT molecular complexity index is 579. The van der Waals surface area contributed by atoms with Crippen molar-refractivity contribution in [3.05, 3.63) is 29.3 Å². The van der Waals surface area contributed by atoms with Gasteiger partial charge in [-0.05, 0) is 37.8 Å². The molecular formula is C17H23NO3. The van der Waals surface area contributed by atoms with Gasteiger partial charge in [-0.1, -0.05) is 26.0 Å². The number of carbonyl (C=O) groups is 2. The Labute approximate surface area is 125 Å². The van der Waals surface area contributed by atoms with Crippen molar-refractivity contribution in [2.45, 2.75) is 45.6 Å². The van der Waals surface area contributed by atoms with Gasteiger partial charge in [-0.15, -0.1) is 0 Å². The molecule has 2 unspecified atom stereocenters. The number of benzene rings is 1. The molecule has 4 heteroatoms. The van der Waals surface area contributed by atoms with Gasteiger partial charge in [0.15, 0.2) is 5.78 Å². The highest BCUT2D eigenvalue weighted by Crippen LogP contribution is 2.37. The summed E-state index contributed by atoms with van der Waals surface area (Å²) in [7, 11) is 1.56. The van der Waals surface area contributed by atoms with E-state index in [-0.39, 0.29) is 11.7 Å². The van der Waals surface area contributed by atoms with Crippen molar-refractivity contribution in [3.8, 4) is 5.75 Å². The number of ether oxygens (including phenoxy) is 1. The molecule has 2 atom stereocenters. The highest BCUT2D eigenvalue weighted by Gasteiger charge is 2.50. The molecule has 1 aliphatic heterocycles. The molecule has 1 N–H and O–H groups in total. The molecule has 1 amide bonds. The second-order valence-corrected chi connectivity index (χ2v) is 6.46. The van der Waals surface area contributed by atoms with E-state index >= 15 is 0 Å². The van der Waals surface area contributed by atoms with Gasteiger partial charge in [0.1, 0.15) is 11.7 Å². The maximum Gasteiger partial charge on any atom is 0.236 e. The van der Waals surface area contributed by atoms with Crippen molar-refractivity contribution >= 4 is 11.7 Å². The first-order valence-electron chi connectivity index (χ1n) is 7.29. The van der Waals surface area contributed by atoms with Gasteiger partial charge in [0, 0.05) is 5.56 Å². The van der Waals surface area contributed by atoms with Gasteiger partial charge in [0.2, 0.25) is 5.91 Å². The summed E-state index contributed by atoms with van der Waals surface area (Å²) in [5.74, 6) is -0.145. The van der Waals surface area contributed by atoms with Crippen LogP contribution in [-0.4, -0.2) is 24.3 Å². The van der Waals surface area contributed by atoms with Crippen LogP contribution in [0.2, 0.25) is 0 Å². The third kappa shape index (κ3) is 2.80. The molecule has 114 valence electrons. The summed E-state index contributed by atoms with van der Waals surface area (Å²) in [6.45, 7) is 7.86. The predicted molar refractivity (Wildman–Crippen MR) is 81.5 cm³/mol. The van der Waals surface area contributed by atoms with E-state index < -0.39 is 11.5 Å². The Hall–Kier alpha value is -1.84. The van der Waals surface area contributed by atoms with Crippen LogP contribution in [-0.2, 0) is 9.59 Å². The zero-order valence-corrected chi connectivity index (χ0v) is 13.3. The van der Waals surface area contributed by atoms with E-state index in [1.54, 1.807) is 7.11 Å². The number of amides is 1. The maximum absolute atomic E-state index is 12.8. The lowest BCUT2D eigenvalue weighted by Gasteiger charge is -2.24. The molecule has 4 nitrogen and oxygen atoms in total. The van der Waals surface area contributed by atoms with Crippen LogP contribution < -0.4 is 10.1 Å². The van der Waals surface area contributed by atoms with E-state index in [1.807, 2.05) is 45.9 Å². The normalized spacial score (nSPS) is 25.3. The summed E-state index contributed by atoms with van der Waals surface area (Å²) in [5, 5.41) is 2.88. The predicted octanol–water partition coefficient (Wildman–Crippen LogP) is 2.59. The summed E-state index contributed by atoms with van der Waals surface area (Å²) in [6.07, 6.45) is 0.641. The van der Waals surface area contributed by atoms with Crippen LogP contribution >= 0.6 is 0 Å². The van der Waals surface area contributed by atoms with Gasteiger partial charge in [-0.3, -0.25) is 9.59 Å². The molecule has 0 radical (unpaired) electrons. The van der Waals surface area contributed by atoms with Crippen LogP contribution in [0.15, 0.2) is 18.2 Å². The molecule has 0 aliphatic carbocycles. The van der Waals surface area contributed by atoms with Crippen LogP contribution in [0.1, 0.15) is 44.2 Å². The SMILES string of the molecule is COc1cc(C)ccc1C1C(=O)NC(C)(CC(C)C)C1=O. The quantitative estimate of drug-likeness (QED) is 0.867. The van der Waals surface area contributed by atoms with Gasteiger partial charge in [0.05, 0.1) is 12.6 Å². The third-order valence-electron chi connectivity index (χ3n) is 3.98. The fourth-order valence-electron chi connectivity index (χ4n) is 3.15. The van der Waals surface area contributed by atoms with Crippen LogP contribution in [0.4, 0.5) is 0 Å². The largest absolute Gasteiger partial charge is 0.496 e. The Balaban J connectivity index is 2.41. The van der Waals surface area contributed by atoms with E-state index in [2.05, 4.69) is 5.32 Å². The molecule has 21 heavy (non-hydrogen) atoms. The molecule has 1 heterocycles. The van der Waals surface area contributed by atoms with E-state index in [1.165, 1.54) is 0 Å². The van der Waals surface area contributed by atoms with Crippen molar-refractivity contribution < 1.29 is 14.3 Å². The topological polar surface area (TPSA) is 55.4 Å². The van der Waals surface area contributed by atoms with Crippen molar-refractivity contribution in [3.63, 3.8) is 0 Å².